The highest BCUT2D eigenvalue weighted by Crippen LogP contribution is 2.37. The van der Waals surface area contributed by atoms with Crippen LogP contribution in [0.1, 0.15) is 66.4 Å². The van der Waals surface area contributed by atoms with Crippen LogP contribution in [0.5, 0.6) is 0 Å². The molecule has 0 aliphatic carbocycles. The Morgan fingerprint density at radius 2 is 1.94 bits per heavy atom. The van der Waals surface area contributed by atoms with Crippen LogP contribution >= 0.6 is 0 Å². The van der Waals surface area contributed by atoms with E-state index in [2.05, 4.69) is 28.6 Å². The molecule has 4 heterocycles. The zero-order valence-corrected chi connectivity index (χ0v) is 17.8. The van der Waals surface area contributed by atoms with Crippen LogP contribution < -0.4 is 16.0 Å². The Morgan fingerprint density at radius 1 is 1.16 bits per heavy atom. The molecule has 3 N–H and O–H groups in total. The maximum Gasteiger partial charge on any atom is 0.255 e. The molecule has 3 atom stereocenters. The monoisotopic (exact) mass is 422 g/mol. The third-order valence-corrected chi connectivity index (χ3v) is 7.40. The van der Waals surface area contributed by atoms with E-state index >= 15 is 0 Å². The Balaban J connectivity index is 1.29. The van der Waals surface area contributed by atoms with Gasteiger partial charge in [0.25, 0.3) is 5.91 Å². The number of amides is 3. The molecule has 0 saturated carbocycles. The number of benzene rings is 1. The highest BCUT2D eigenvalue weighted by atomic mass is 16.2. The lowest BCUT2D eigenvalue weighted by Crippen LogP contribution is -2.55. The number of carbonyl (C=O) groups is 3. The Labute approximate surface area is 182 Å². The standard InChI is InChI=1S/C24H30N4O3/c1-2-9-24(11-17-5-6-18(12-24)26-17)25-13-15-3-4-16-14-28(23(31)19(16)10-15)20-7-8-21(29)27-22(20)30/h2-4,10,17-18,20,25-26H,1,5-9,11-14H2,(H,27,29,30). The summed E-state index contributed by atoms with van der Waals surface area (Å²) in [7, 11) is 0. The molecular formula is C24H30N4O3. The fourth-order valence-corrected chi connectivity index (χ4v) is 5.91. The smallest absolute Gasteiger partial charge is 0.255 e. The van der Waals surface area contributed by atoms with Crippen LogP contribution in [-0.4, -0.2) is 46.3 Å². The van der Waals surface area contributed by atoms with Gasteiger partial charge < -0.3 is 15.5 Å². The van der Waals surface area contributed by atoms with E-state index in [1.54, 1.807) is 4.90 Å². The van der Waals surface area contributed by atoms with E-state index in [1.807, 2.05) is 18.2 Å². The Hall–Kier alpha value is -2.51. The summed E-state index contributed by atoms with van der Waals surface area (Å²) in [5, 5.41) is 9.87. The summed E-state index contributed by atoms with van der Waals surface area (Å²) >= 11 is 0. The molecule has 0 radical (unpaired) electrons. The minimum atomic E-state index is -0.569. The maximum absolute atomic E-state index is 13.1. The highest BCUT2D eigenvalue weighted by Gasteiger charge is 2.43. The number of hydrogen-bond acceptors (Lipinski definition) is 5. The molecule has 3 fully saturated rings. The van der Waals surface area contributed by atoms with E-state index in [0.717, 1.165) is 30.4 Å². The van der Waals surface area contributed by atoms with E-state index in [9.17, 15) is 14.4 Å². The number of carbonyl (C=O) groups excluding carboxylic acids is 3. The molecule has 1 aromatic carbocycles. The second-order valence-corrected chi connectivity index (χ2v) is 9.56. The lowest BCUT2D eigenvalue weighted by molar-refractivity contribution is -0.136. The molecular weight excluding hydrogens is 392 g/mol. The van der Waals surface area contributed by atoms with Crippen molar-refractivity contribution in [3.63, 3.8) is 0 Å². The third-order valence-electron chi connectivity index (χ3n) is 7.40. The van der Waals surface area contributed by atoms with E-state index in [4.69, 9.17) is 0 Å². The van der Waals surface area contributed by atoms with Gasteiger partial charge in [0.05, 0.1) is 0 Å². The lowest BCUT2D eigenvalue weighted by Gasteiger charge is -2.42. The van der Waals surface area contributed by atoms with Gasteiger partial charge in [-0.1, -0.05) is 18.2 Å². The zero-order chi connectivity index (χ0) is 21.6. The van der Waals surface area contributed by atoms with Crippen molar-refractivity contribution in [1.29, 1.82) is 0 Å². The normalized spacial score (nSPS) is 32.2. The van der Waals surface area contributed by atoms with Crippen molar-refractivity contribution in [2.45, 2.75) is 81.7 Å². The van der Waals surface area contributed by atoms with Gasteiger partial charge in [0.15, 0.2) is 0 Å². The topological polar surface area (TPSA) is 90.5 Å². The Morgan fingerprint density at radius 3 is 2.65 bits per heavy atom. The molecule has 4 aliphatic heterocycles. The predicted octanol–water partition coefficient (Wildman–Crippen LogP) is 1.77. The molecule has 7 nitrogen and oxygen atoms in total. The van der Waals surface area contributed by atoms with Gasteiger partial charge >= 0.3 is 0 Å². The molecule has 3 amide bonds. The Bertz CT molecular complexity index is 931. The summed E-state index contributed by atoms with van der Waals surface area (Å²) in [6.45, 7) is 5.10. The second kappa shape index (κ2) is 7.88. The number of hydrogen-bond donors (Lipinski definition) is 3. The van der Waals surface area contributed by atoms with Crippen molar-refractivity contribution in [3.05, 3.63) is 47.5 Å². The largest absolute Gasteiger partial charge is 0.322 e. The van der Waals surface area contributed by atoms with Gasteiger partial charge in [-0.05, 0) is 55.7 Å². The van der Waals surface area contributed by atoms with Crippen molar-refractivity contribution >= 4 is 17.7 Å². The van der Waals surface area contributed by atoms with Crippen LogP contribution in [0.4, 0.5) is 0 Å². The van der Waals surface area contributed by atoms with Gasteiger partial charge in [0.2, 0.25) is 11.8 Å². The van der Waals surface area contributed by atoms with Crippen LogP contribution in [0.25, 0.3) is 0 Å². The molecule has 0 spiro atoms. The summed E-state index contributed by atoms with van der Waals surface area (Å²) in [5.41, 5.74) is 2.75. The van der Waals surface area contributed by atoms with E-state index in [1.165, 1.54) is 12.8 Å². The van der Waals surface area contributed by atoms with Gasteiger partial charge in [0, 0.05) is 42.7 Å². The fourth-order valence-electron chi connectivity index (χ4n) is 5.91. The molecule has 5 rings (SSSR count). The molecule has 0 aromatic heterocycles. The lowest BCUT2D eigenvalue weighted by atomic mass is 9.81. The first-order valence-corrected chi connectivity index (χ1v) is 11.3. The van der Waals surface area contributed by atoms with Crippen molar-refractivity contribution in [3.8, 4) is 0 Å². The number of nitrogens with one attached hydrogen (secondary N) is 3. The number of fused-ring (bicyclic) bond motifs is 3. The van der Waals surface area contributed by atoms with Crippen molar-refractivity contribution in [1.82, 2.24) is 20.9 Å². The number of imide groups is 1. The van der Waals surface area contributed by atoms with Gasteiger partial charge in [-0.2, -0.15) is 0 Å². The Kier molecular flexibility index (Phi) is 5.18. The van der Waals surface area contributed by atoms with Crippen molar-refractivity contribution in [2.24, 2.45) is 0 Å². The van der Waals surface area contributed by atoms with E-state index < -0.39 is 6.04 Å². The SMILES string of the molecule is C=CCC1(NCc2ccc3c(c2)C(=O)N(C2CCC(=O)NC2=O)C3)CC2CCC(C1)N2. The third kappa shape index (κ3) is 3.81. The summed E-state index contributed by atoms with van der Waals surface area (Å²) in [6, 6.07) is 6.63. The first-order valence-electron chi connectivity index (χ1n) is 11.3. The van der Waals surface area contributed by atoms with Crippen LogP contribution in [-0.2, 0) is 22.7 Å². The molecule has 31 heavy (non-hydrogen) atoms. The summed E-state index contributed by atoms with van der Waals surface area (Å²) < 4.78 is 0. The summed E-state index contributed by atoms with van der Waals surface area (Å²) in [6.07, 6.45) is 8.30. The van der Waals surface area contributed by atoms with Crippen molar-refractivity contribution in [2.75, 3.05) is 0 Å². The number of piperidine rings is 2. The van der Waals surface area contributed by atoms with Crippen LogP contribution in [0.15, 0.2) is 30.9 Å². The maximum atomic E-state index is 13.1. The molecule has 1 aromatic rings. The molecule has 2 bridgehead atoms. The summed E-state index contributed by atoms with van der Waals surface area (Å²) in [5.74, 6) is -0.753. The van der Waals surface area contributed by atoms with Crippen LogP contribution in [0.2, 0.25) is 0 Å². The van der Waals surface area contributed by atoms with Crippen LogP contribution in [0, 0.1) is 0 Å². The van der Waals surface area contributed by atoms with Gasteiger partial charge in [-0.3, -0.25) is 19.7 Å². The van der Waals surface area contributed by atoms with E-state index in [-0.39, 0.29) is 29.7 Å². The molecule has 164 valence electrons. The molecule has 4 aliphatic rings. The molecule has 3 saturated heterocycles. The first kappa shape index (κ1) is 20.4. The van der Waals surface area contributed by atoms with E-state index in [0.29, 0.717) is 37.2 Å². The number of nitrogens with zero attached hydrogens (tertiary/aromatic N) is 1. The summed E-state index contributed by atoms with van der Waals surface area (Å²) in [4.78, 5) is 38.3. The fraction of sp³-hybridized carbons (Fsp3) is 0.542. The minimum absolute atomic E-state index is 0.0562. The van der Waals surface area contributed by atoms with Gasteiger partial charge in [-0.25, -0.2) is 0 Å². The van der Waals surface area contributed by atoms with Crippen LogP contribution in [0.3, 0.4) is 0 Å². The quantitative estimate of drug-likeness (QED) is 0.480. The molecule has 7 heteroatoms. The average molecular weight is 423 g/mol. The molecule has 3 unspecified atom stereocenters. The van der Waals surface area contributed by atoms with Gasteiger partial charge in [0.1, 0.15) is 6.04 Å². The highest BCUT2D eigenvalue weighted by molar-refractivity contribution is 6.05. The second-order valence-electron chi connectivity index (χ2n) is 9.56. The predicted molar refractivity (Wildman–Crippen MR) is 116 cm³/mol. The average Bonchev–Trinajstić information content (AvgIpc) is 3.26. The number of rotatable bonds is 6. The first-order chi connectivity index (χ1) is 15.0. The van der Waals surface area contributed by atoms with Crippen molar-refractivity contribution < 1.29 is 14.4 Å². The zero-order valence-electron chi connectivity index (χ0n) is 17.8. The minimum Gasteiger partial charge on any atom is -0.322 e. The van der Waals surface area contributed by atoms with Gasteiger partial charge in [-0.15, -0.1) is 6.58 Å².